The zero-order valence-corrected chi connectivity index (χ0v) is 42.4. The van der Waals surface area contributed by atoms with Gasteiger partial charge in [-0.1, -0.05) is 64.2 Å². The highest BCUT2D eigenvalue weighted by Gasteiger charge is 2.54. The van der Waals surface area contributed by atoms with Crippen LogP contribution < -0.4 is 0 Å². The third-order valence-electron chi connectivity index (χ3n) is 14.9. The topological polar surface area (TPSA) is 205 Å². The maximum absolute atomic E-state index is 14.5. The highest BCUT2D eigenvalue weighted by Crippen LogP contribution is 2.38. The normalized spacial score (nSPS) is 39.2. The molecule has 3 N–H and O–H groups in total. The summed E-state index contributed by atoms with van der Waals surface area (Å²) in [6.45, 7) is 12.8. The smallest absolute Gasteiger partial charge is 0.329 e. The van der Waals surface area contributed by atoms with Crippen LogP contribution in [0.1, 0.15) is 132 Å². The Hall–Kier alpha value is -3.41. The fourth-order valence-electron chi connectivity index (χ4n) is 10.6. The number of cyclic esters (lactones) is 1. The Bertz CT molecular complexity index is 1810. The Morgan fingerprint density at radius 1 is 0.853 bits per heavy atom. The van der Waals surface area contributed by atoms with E-state index < -0.39 is 77.9 Å². The summed E-state index contributed by atoms with van der Waals surface area (Å²) in [7, 11) is 4.58. The van der Waals surface area contributed by atoms with Crippen molar-refractivity contribution in [2.45, 2.75) is 193 Å². The molecule has 4 rings (SSSR count). The molecule has 2 saturated heterocycles. The molecule has 3 heterocycles. The lowest BCUT2D eigenvalue weighted by molar-refractivity contribution is -0.265. The number of hydrogen-bond donors (Lipinski definition) is 3. The average molecular weight is 958 g/mol. The van der Waals surface area contributed by atoms with Crippen LogP contribution in [0.5, 0.6) is 0 Å². The third kappa shape index (κ3) is 15.3. The van der Waals surface area contributed by atoms with Crippen LogP contribution in [-0.2, 0) is 52.4 Å². The lowest BCUT2D eigenvalue weighted by Crippen LogP contribution is -2.62. The fraction of sp³-hybridized carbons (Fsp3) is 0.755. The van der Waals surface area contributed by atoms with Crippen molar-refractivity contribution < 1.29 is 67.7 Å². The number of ketones is 3. The van der Waals surface area contributed by atoms with Crippen molar-refractivity contribution >= 4 is 29.2 Å². The van der Waals surface area contributed by atoms with Gasteiger partial charge in [-0.05, 0) is 114 Å². The first-order valence-corrected chi connectivity index (χ1v) is 25.0. The highest BCUT2D eigenvalue weighted by atomic mass is 16.6. The van der Waals surface area contributed by atoms with Crippen molar-refractivity contribution in [1.82, 2.24) is 4.90 Å². The molecule has 3 aliphatic heterocycles. The van der Waals surface area contributed by atoms with E-state index in [0.29, 0.717) is 63.4 Å². The highest BCUT2D eigenvalue weighted by molar-refractivity contribution is 6.39. The van der Waals surface area contributed by atoms with Crippen LogP contribution in [0, 0.1) is 29.6 Å². The SMILES string of the molecule is CO[C@H]1C[C@@H]2CC[C@@H](C)[C@@](O)(O2)C(=O)C(=O)N2C(C)CCC[C@H]2C(=O)O[C@H]([C@H](C)C[C@@H]2CC[C@@H](OCCO)[C@H](OC)C2)CC(=O)C/C=C(\C)[C@@H](O)[C@@H](OC)C(=O)[C@H](C)C[C@H](C)/C=C/C=C/C=C/1C. The summed E-state index contributed by atoms with van der Waals surface area (Å²) in [5.41, 5.74) is 1.27. The number of aliphatic hydroxyl groups excluding tert-OH is 2. The zero-order chi connectivity index (χ0) is 50.3. The number of hydrogen-bond acceptors (Lipinski definition) is 14. The molecule has 1 aliphatic carbocycles. The van der Waals surface area contributed by atoms with Crippen molar-refractivity contribution in [1.29, 1.82) is 0 Å². The van der Waals surface area contributed by atoms with Gasteiger partial charge in [0.15, 0.2) is 5.78 Å². The number of methoxy groups -OCH3 is 3. The van der Waals surface area contributed by atoms with E-state index >= 15 is 0 Å². The Morgan fingerprint density at radius 3 is 2.26 bits per heavy atom. The molecule has 0 aromatic heterocycles. The van der Waals surface area contributed by atoms with Crippen LogP contribution in [0.3, 0.4) is 0 Å². The average Bonchev–Trinajstić information content (AvgIpc) is 3.31. The van der Waals surface area contributed by atoms with Crippen molar-refractivity contribution in [2.75, 3.05) is 34.5 Å². The number of piperidine rings is 1. The van der Waals surface area contributed by atoms with Gasteiger partial charge in [-0.2, -0.15) is 0 Å². The molecule has 1 amide bonds. The first-order valence-electron chi connectivity index (χ1n) is 25.0. The number of allylic oxidation sites excluding steroid dienone is 6. The summed E-state index contributed by atoms with van der Waals surface area (Å²) in [5, 5.41) is 32.8. The fourth-order valence-corrected chi connectivity index (χ4v) is 10.6. The van der Waals surface area contributed by atoms with Gasteiger partial charge >= 0.3 is 5.97 Å². The van der Waals surface area contributed by atoms with Gasteiger partial charge in [-0.25, -0.2) is 4.79 Å². The second kappa shape index (κ2) is 27.3. The second-order valence-corrected chi connectivity index (χ2v) is 20.2. The van der Waals surface area contributed by atoms with Crippen LogP contribution in [0.15, 0.2) is 47.6 Å². The summed E-state index contributed by atoms with van der Waals surface area (Å²) in [6.07, 6.45) is 11.8. The summed E-state index contributed by atoms with van der Waals surface area (Å²) < 4.78 is 35.6. The molecule has 0 spiro atoms. The van der Waals surface area contributed by atoms with E-state index in [1.165, 1.54) is 12.0 Å². The molecule has 0 radical (unpaired) electrons. The number of rotatable bonds is 9. The zero-order valence-electron chi connectivity index (χ0n) is 42.4. The molecule has 15 heteroatoms. The largest absolute Gasteiger partial charge is 0.460 e. The standard InChI is InChI=1S/C53H83NO14/c1-32-15-12-11-13-16-33(2)44(63-8)31-41-23-20-37(6)53(62,68-41)50(59)51(60)54-38(7)17-14-18-42(54)52(61)67-45(35(4)28-39-21-24-43(66-26-25-55)46(29-39)64-9)30-40(56)22-19-34(3)47(57)49(65-10)48(58)36(5)27-32/h11-13,15-16,19,32,35-39,41-47,49,55,57,62H,14,17-18,20-31H2,1-10H3/b13-11+,15-12+,33-16+,34-19+/t32-,35-,36-,37-,38?,39+,41+,42+,43-,44+,45+,46-,47-,49-,53-/m1/s1. The van der Waals surface area contributed by atoms with E-state index in [-0.39, 0.29) is 74.0 Å². The number of ether oxygens (including phenoxy) is 6. The summed E-state index contributed by atoms with van der Waals surface area (Å²) >= 11 is 0. The molecule has 0 aromatic rings. The predicted octanol–water partition coefficient (Wildman–Crippen LogP) is 6.34. The number of carbonyl (C=O) groups is 5. The second-order valence-electron chi connectivity index (χ2n) is 20.2. The molecule has 2 bridgehead atoms. The Morgan fingerprint density at radius 2 is 1.59 bits per heavy atom. The van der Waals surface area contributed by atoms with Gasteiger partial charge in [0.2, 0.25) is 5.79 Å². The molecule has 4 aliphatic rings. The minimum Gasteiger partial charge on any atom is -0.460 e. The van der Waals surface area contributed by atoms with E-state index in [2.05, 4.69) is 0 Å². The van der Waals surface area contributed by atoms with Gasteiger partial charge in [0, 0.05) is 58.5 Å². The molecule has 3 fully saturated rings. The van der Waals surface area contributed by atoms with Crippen LogP contribution in [0.25, 0.3) is 0 Å². The quantitative estimate of drug-likeness (QED) is 0.131. The first-order chi connectivity index (χ1) is 32.3. The predicted molar refractivity (Wildman–Crippen MR) is 256 cm³/mol. The van der Waals surface area contributed by atoms with Crippen molar-refractivity contribution in [3.05, 3.63) is 47.6 Å². The van der Waals surface area contributed by atoms with Crippen molar-refractivity contribution in [2.24, 2.45) is 29.6 Å². The van der Waals surface area contributed by atoms with Gasteiger partial charge in [-0.15, -0.1) is 0 Å². The number of Topliss-reactive ketones (excluding diaryl/α,β-unsaturated/α-hetero) is 3. The van der Waals surface area contributed by atoms with Crippen LogP contribution in [0.4, 0.5) is 0 Å². The number of carbonyl (C=O) groups excluding carboxylic acids is 5. The number of fused-ring (bicyclic) bond motifs is 3. The van der Waals surface area contributed by atoms with Crippen molar-refractivity contribution in [3.8, 4) is 0 Å². The number of aliphatic hydroxyl groups is 3. The van der Waals surface area contributed by atoms with Crippen LogP contribution >= 0.6 is 0 Å². The van der Waals surface area contributed by atoms with Gasteiger partial charge in [0.1, 0.15) is 30.1 Å². The van der Waals surface area contributed by atoms with E-state index in [4.69, 9.17) is 28.4 Å². The summed E-state index contributed by atoms with van der Waals surface area (Å²) in [5.74, 6) is -7.22. The van der Waals surface area contributed by atoms with Crippen LogP contribution in [-0.4, -0.2) is 145 Å². The minimum absolute atomic E-state index is 0.0188. The Kier molecular flexibility index (Phi) is 22.9. The van der Waals surface area contributed by atoms with E-state index in [1.54, 1.807) is 41.1 Å². The van der Waals surface area contributed by atoms with Crippen LogP contribution in [0.2, 0.25) is 0 Å². The van der Waals surface area contributed by atoms with E-state index in [1.807, 2.05) is 58.1 Å². The molecular weight excluding hydrogens is 875 g/mol. The molecule has 1 saturated carbocycles. The van der Waals surface area contributed by atoms with E-state index in [9.17, 15) is 39.3 Å². The first kappa shape index (κ1) is 57.2. The molecule has 15 atom stereocenters. The van der Waals surface area contributed by atoms with Gasteiger partial charge in [-0.3, -0.25) is 19.2 Å². The minimum atomic E-state index is -2.44. The Labute approximate surface area is 405 Å². The molecule has 1 unspecified atom stereocenters. The number of nitrogens with zero attached hydrogens (tertiary/aromatic N) is 1. The number of amides is 1. The summed E-state index contributed by atoms with van der Waals surface area (Å²) in [4.78, 5) is 72.2. The third-order valence-corrected chi connectivity index (χ3v) is 14.9. The van der Waals surface area contributed by atoms with E-state index in [0.717, 1.165) is 12.0 Å². The van der Waals surface area contributed by atoms with Gasteiger partial charge < -0.3 is 48.6 Å². The van der Waals surface area contributed by atoms with Crippen molar-refractivity contribution in [3.63, 3.8) is 0 Å². The maximum Gasteiger partial charge on any atom is 0.329 e. The number of esters is 1. The Balaban J connectivity index is 1.69. The molecule has 384 valence electrons. The summed E-state index contributed by atoms with van der Waals surface area (Å²) in [6, 6.07) is -1.71. The van der Waals surface area contributed by atoms with Gasteiger partial charge in [0.05, 0.1) is 37.6 Å². The van der Waals surface area contributed by atoms with Gasteiger partial charge in [0.25, 0.3) is 11.7 Å². The lowest BCUT2D eigenvalue weighted by Gasteiger charge is -2.44. The molecule has 15 nitrogen and oxygen atoms in total. The monoisotopic (exact) mass is 958 g/mol. The maximum atomic E-state index is 14.5. The lowest BCUT2D eigenvalue weighted by atomic mass is 9.78. The molecular formula is C53H83NO14. The molecule has 0 aromatic carbocycles. The molecule has 68 heavy (non-hydrogen) atoms.